The van der Waals surface area contributed by atoms with Gasteiger partial charge >= 0.3 is 0 Å². The zero-order valence-corrected chi connectivity index (χ0v) is 47.1. The van der Waals surface area contributed by atoms with E-state index in [0.29, 0.717) is 0 Å². The van der Waals surface area contributed by atoms with E-state index >= 15 is 0 Å². The van der Waals surface area contributed by atoms with E-state index in [2.05, 4.69) is 216 Å². The Labute approximate surface area is 433 Å². The van der Waals surface area contributed by atoms with Crippen LogP contribution in [0.4, 0.5) is 27.8 Å². The Bertz CT molecular complexity index is 3540. The average Bonchev–Trinajstić information content (AvgIpc) is 3.88. The van der Waals surface area contributed by atoms with Gasteiger partial charge in [-0.1, -0.05) is 152 Å². The minimum absolute atomic E-state index is 0.0503. The molecule has 1 unspecified atom stereocenters. The third-order valence-corrected chi connectivity index (χ3v) is 21.9. The van der Waals surface area contributed by atoms with Crippen molar-refractivity contribution < 1.29 is 0 Å². The van der Waals surface area contributed by atoms with E-state index in [1.165, 1.54) is 124 Å². The molecule has 0 bridgehead atoms. The minimum Gasteiger partial charge on any atom is -0.327 e. The molecule has 364 valence electrons. The van der Waals surface area contributed by atoms with Crippen molar-refractivity contribution in [2.45, 2.75) is 182 Å². The predicted molar refractivity (Wildman–Crippen MR) is 313 cm³/mol. The highest BCUT2D eigenvalue weighted by Gasteiger charge is 2.51. The van der Waals surface area contributed by atoms with Crippen molar-refractivity contribution >= 4 is 104 Å². The highest BCUT2D eigenvalue weighted by atomic mass is 32.1. The first-order chi connectivity index (χ1) is 33.3. The van der Waals surface area contributed by atoms with Gasteiger partial charge in [-0.2, -0.15) is 0 Å². The summed E-state index contributed by atoms with van der Waals surface area (Å²) in [5.74, 6) is 0. The molecule has 0 N–H and O–H groups in total. The molecule has 0 spiro atoms. The third-order valence-electron chi connectivity index (χ3n) is 19.6. The van der Waals surface area contributed by atoms with E-state index in [1.54, 1.807) is 27.8 Å². The van der Waals surface area contributed by atoms with Crippen LogP contribution in [-0.4, -0.2) is 12.8 Å². The van der Waals surface area contributed by atoms with Crippen LogP contribution in [0, 0.1) is 10.8 Å². The molecule has 0 saturated carbocycles. The van der Waals surface area contributed by atoms with Crippen molar-refractivity contribution in [2.75, 3.05) is 9.80 Å². The maximum absolute atomic E-state index is 2.91. The molecule has 0 fully saturated rings. The monoisotopic (exact) mass is 971 g/mol. The quantitative estimate of drug-likeness (QED) is 0.159. The number of hydrogen-bond acceptors (Lipinski definition) is 4. The second kappa shape index (κ2) is 14.6. The van der Waals surface area contributed by atoms with Gasteiger partial charge < -0.3 is 9.80 Å². The second-order valence-corrected chi connectivity index (χ2v) is 30.2. The van der Waals surface area contributed by atoms with Gasteiger partial charge in [0.2, 0.25) is 0 Å². The lowest BCUT2D eigenvalue weighted by atomic mass is 9.33. The van der Waals surface area contributed by atoms with Gasteiger partial charge in [0.25, 0.3) is 6.71 Å². The Morgan fingerprint density at radius 2 is 1.11 bits per heavy atom. The SMILES string of the molecule is CC1(C)CCC(C)(C)C2=C1C=CC(N1c3cc(C(C)(C)C)cc4c3B(c3cc5c(cc3N4c3cccc4sc6ccccc6c34)C(C)(C)CCC5(C)C)c3c1sc1cc4c(cc31)C(C)(C)CCC4(C)C)C2. The summed E-state index contributed by atoms with van der Waals surface area (Å²) >= 11 is 4.04. The molecule has 2 nitrogen and oxygen atoms in total. The summed E-state index contributed by atoms with van der Waals surface area (Å²) < 4.78 is 4.15. The number of rotatable bonds is 2. The molecule has 2 aromatic heterocycles. The second-order valence-electron chi connectivity index (χ2n) is 28.1. The maximum Gasteiger partial charge on any atom is 0.254 e. The normalized spacial score (nSPS) is 22.8. The lowest BCUT2D eigenvalue weighted by Crippen LogP contribution is -2.63. The molecule has 0 radical (unpaired) electrons. The van der Waals surface area contributed by atoms with Gasteiger partial charge in [-0.3, -0.25) is 0 Å². The van der Waals surface area contributed by atoms with Gasteiger partial charge in [0.15, 0.2) is 0 Å². The lowest BCUT2D eigenvalue weighted by Gasteiger charge is -2.50. The molecule has 2 aliphatic heterocycles. The molecule has 4 heterocycles. The number of anilines is 5. The standard InChI is InChI=1S/C66H75BN2S2/c1-60(2,3)38-31-51-58-52(32-38)69(49-20-18-22-54-56(49)40-19-16-17-21-53(40)70-54)50-36-46-45(64(10,11)28-29-65(46,12)13)35-48(50)67(58)57-41-34-44-47(66(14,15)30-27-63(44,8)9)37-55(41)71-59(57)68(51)39-23-24-42-43(33-39)62(6,7)26-25-61(42,4)5/h16-24,31-32,34-37,39H,25-30,33H2,1-15H3. The van der Waals surface area contributed by atoms with Crippen LogP contribution in [0.5, 0.6) is 0 Å². The van der Waals surface area contributed by atoms with Crippen molar-refractivity contribution in [3.63, 3.8) is 0 Å². The average molecular weight is 971 g/mol. The number of thiophene rings is 2. The summed E-state index contributed by atoms with van der Waals surface area (Å²) in [5, 5.41) is 5.65. The van der Waals surface area contributed by atoms with E-state index in [1.807, 2.05) is 11.3 Å². The van der Waals surface area contributed by atoms with Crippen LogP contribution in [0.15, 0.2) is 102 Å². The molecule has 7 aromatic rings. The Kier molecular flexibility index (Phi) is 9.50. The summed E-state index contributed by atoms with van der Waals surface area (Å²) in [7, 11) is 0. The Morgan fingerprint density at radius 3 is 1.80 bits per heavy atom. The van der Waals surface area contributed by atoms with Crippen LogP contribution in [0.2, 0.25) is 0 Å². The summed E-state index contributed by atoms with van der Waals surface area (Å²) in [4.78, 5) is 5.70. The topological polar surface area (TPSA) is 6.48 Å². The maximum atomic E-state index is 2.91. The van der Waals surface area contributed by atoms with E-state index in [-0.39, 0.29) is 50.7 Å². The molecule has 0 saturated heterocycles. The van der Waals surface area contributed by atoms with Crippen LogP contribution >= 0.6 is 22.7 Å². The molecule has 1 atom stereocenters. The summed E-state index contributed by atoms with van der Waals surface area (Å²) in [6, 6.07) is 32.7. The molecule has 4 aliphatic carbocycles. The molecule has 6 aliphatic rings. The van der Waals surface area contributed by atoms with Gasteiger partial charge in [0, 0.05) is 41.9 Å². The smallest absolute Gasteiger partial charge is 0.254 e. The first-order valence-electron chi connectivity index (χ1n) is 27.2. The first kappa shape index (κ1) is 46.2. The highest BCUT2D eigenvalue weighted by Crippen LogP contribution is 2.57. The molecular formula is C66H75BN2S2. The van der Waals surface area contributed by atoms with E-state index in [9.17, 15) is 0 Å². The van der Waals surface area contributed by atoms with Crippen molar-refractivity contribution in [3.05, 3.63) is 130 Å². The van der Waals surface area contributed by atoms with Crippen LogP contribution in [0.1, 0.15) is 177 Å². The third kappa shape index (κ3) is 6.55. The Hall–Kier alpha value is -4.58. The number of benzene rings is 5. The van der Waals surface area contributed by atoms with Gasteiger partial charge in [-0.05, 0) is 187 Å². The van der Waals surface area contributed by atoms with Crippen LogP contribution in [0.3, 0.4) is 0 Å². The first-order valence-corrected chi connectivity index (χ1v) is 28.8. The lowest BCUT2D eigenvalue weighted by molar-refractivity contribution is 0.256. The predicted octanol–water partition coefficient (Wildman–Crippen LogP) is 17.5. The van der Waals surface area contributed by atoms with Crippen molar-refractivity contribution in [1.82, 2.24) is 0 Å². The fourth-order valence-corrected chi connectivity index (χ4v) is 17.1. The fourth-order valence-electron chi connectivity index (χ4n) is 14.7. The van der Waals surface area contributed by atoms with E-state index < -0.39 is 0 Å². The summed E-state index contributed by atoms with van der Waals surface area (Å²) in [6.45, 7) is 37.6. The molecule has 5 heteroatoms. The highest BCUT2D eigenvalue weighted by molar-refractivity contribution is 7.27. The van der Waals surface area contributed by atoms with Crippen molar-refractivity contribution in [1.29, 1.82) is 0 Å². The van der Waals surface area contributed by atoms with Gasteiger partial charge in [-0.25, -0.2) is 0 Å². The van der Waals surface area contributed by atoms with Crippen molar-refractivity contribution in [2.24, 2.45) is 10.8 Å². The number of fused-ring (bicyclic) bond motifs is 11. The largest absolute Gasteiger partial charge is 0.327 e. The Morgan fingerprint density at radius 1 is 0.521 bits per heavy atom. The molecule has 71 heavy (non-hydrogen) atoms. The van der Waals surface area contributed by atoms with Gasteiger partial charge in [-0.15, -0.1) is 22.7 Å². The Balaban J connectivity index is 1.19. The molecule has 13 rings (SSSR count). The van der Waals surface area contributed by atoms with Crippen LogP contribution < -0.4 is 26.2 Å². The number of nitrogens with zero attached hydrogens (tertiary/aromatic N) is 2. The van der Waals surface area contributed by atoms with E-state index in [4.69, 9.17) is 0 Å². The van der Waals surface area contributed by atoms with E-state index in [0.717, 1.165) is 6.42 Å². The molecule has 5 aromatic carbocycles. The fraction of sp³-hybridized carbons (Fsp3) is 0.455. The summed E-state index contributed by atoms with van der Waals surface area (Å²) in [6.07, 6.45) is 13.5. The molecule has 0 amide bonds. The van der Waals surface area contributed by atoms with Gasteiger partial charge in [0.05, 0.1) is 16.7 Å². The molecular weight excluding hydrogens is 896 g/mol. The van der Waals surface area contributed by atoms with Crippen LogP contribution in [-0.2, 0) is 27.1 Å². The zero-order chi connectivity index (χ0) is 49.9. The van der Waals surface area contributed by atoms with Crippen LogP contribution in [0.25, 0.3) is 30.3 Å². The number of hydrogen-bond donors (Lipinski definition) is 0. The van der Waals surface area contributed by atoms with Gasteiger partial charge in [0.1, 0.15) is 0 Å². The zero-order valence-electron chi connectivity index (χ0n) is 45.5. The van der Waals surface area contributed by atoms with Crippen molar-refractivity contribution in [3.8, 4) is 0 Å². The summed E-state index contributed by atoms with van der Waals surface area (Å²) in [5.41, 5.74) is 21.3. The number of allylic oxidation sites excluding steroid dienone is 2. The minimum atomic E-state index is -0.0915.